The molecule has 0 atom stereocenters. The van der Waals surface area contributed by atoms with Crippen molar-refractivity contribution in [3.63, 3.8) is 0 Å². The van der Waals surface area contributed by atoms with E-state index in [1.54, 1.807) is 43.3 Å². The summed E-state index contributed by atoms with van der Waals surface area (Å²) >= 11 is 6.19. The number of aryl methyl sites for hydroxylation is 1. The average Bonchev–Trinajstić information content (AvgIpc) is 3.10. The standard InChI is InChI=1S/C21H15ClN6O3S/c1-12-8-15(10-17(22)24-12)18-19(14-5-3-4-13(9-14)11-23)26-28-7-6-16(25-20(18)28)21(29)27-32(2,30)31/h3-10H,1-2H3,(H,27,29). The molecule has 32 heavy (non-hydrogen) atoms. The lowest BCUT2D eigenvalue weighted by Gasteiger charge is -2.07. The number of sulfonamides is 1. The Morgan fingerprint density at radius 3 is 2.62 bits per heavy atom. The van der Waals surface area contributed by atoms with Crippen LogP contribution in [0.2, 0.25) is 5.15 Å². The van der Waals surface area contributed by atoms with Crippen LogP contribution in [-0.2, 0) is 10.0 Å². The van der Waals surface area contributed by atoms with Crippen LogP contribution in [0.25, 0.3) is 28.0 Å². The van der Waals surface area contributed by atoms with E-state index in [2.05, 4.69) is 21.1 Å². The number of hydrogen-bond donors (Lipinski definition) is 1. The van der Waals surface area contributed by atoms with Gasteiger partial charge in [0.2, 0.25) is 10.0 Å². The van der Waals surface area contributed by atoms with Gasteiger partial charge in [-0.15, -0.1) is 0 Å². The summed E-state index contributed by atoms with van der Waals surface area (Å²) in [6.07, 6.45) is 2.39. The molecule has 0 fully saturated rings. The van der Waals surface area contributed by atoms with Gasteiger partial charge in [0.05, 0.1) is 23.5 Å². The molecular weight excluding hydrogens is 452 g/mol. The molecule has 160 valence electrons. The summed E-state index contributed by atoms with van der Waals surface area (Å²) in [5.41, 5.74) is 3.72. The van der Waals surface area contributed by atoms with Crippen LogP contribution in [-0.4, -0.2) is 40.2 Å². The van der Waals surface area contributed by atoms with E-state index in [0.717, 1.165) is 6.26 Å². The highest BCUT2D eigenvalue weighted by Crippen LogP contribution is 2.35. The normalized spacial score (nSPS) is 11.3. The molecule has 0 unspecified atom stereocenters. The van der Waals surface area contributed by atoms with E-state index in [1.807, 2.05) is 4.72 Å². The minimum atomic E-state index is -3.76. The number of carbonyl (C=O) groups is 1. The Kier molecular flexibility index (Phi) is 5.38. The number of nitrogens with one attached hydrogen (secondary N) is 1. The van der Waals surface area contributed by atoms with E-state index in [1.165, 1.54) is 16.8 Å². The summed E-state index contributed by atoms with van der Waals surface area (Å²) in [6.45, 7) is 1.79. The SMILES string of the molecule is Cc1cc(-c2c(-c3cccc(C#N)c3)nn3ccc(C(=O)NS(C)(=O)=O)nc23)cc(Cl)n1. The Hall–Kier alpha value is -3.81. The molecule has 4 rings (SSSR count). The highest BCUT2D eigenvalue weighted by Gasteiger charge is 2.21. The molecular formula is C21H15ClN6O3S. The highest BCUT2D eigenvalue weighted by atomic mass is 35.5. The van der Waals surface area contributed by atoms with E-state index in [4.69, 9.17) is 11.6 Å². The minimum Gasteiger partial charge on any atom is -0.266 e. The van der Waals surface area contributed by atoms with Crippen LogP contribution < -0.4 is 4.72 Å². The number of benzene rings is 1. The molecule has 3 heterocycles. The molecule has 0 spiro atoms. The van der Waals surface area contributed by atoms with Gasteiger partial charge >= 0.3 is 0 Å². The summed E-state index contributed by atoms with van der Waals surface area (Å²) in [5, 5.41) is 14.2. The molecule has 0 aliphatic rings. The Bertz CT molecular complexity index is 1520. The molecule has 9 nitrogen and oxygen atoms in total. The summed E-state index contributed by atoms with van der Waals surface area (Å²) in [4.78, 5) is 20.9. The van der Waals surface area contributed by atoms with Gasteiger partial charge in [-0.05, 0) is 42.8 Å². The van der Waals surface area contributed by atoms with Gasteiger partial charge in [-0.2, -0.15) is 10.4 Å². The van der Waals surface area contributed by atoms with Gasteiger partial charge in [0.25, 0.3) is 5.91 Å². The van der Waals surface area contributed by atoms with Crippen molar-refractivity contribution >= 4 is 33.2 Å². The third-order valence-corrected chi connectivity index (χ3v) is 5.22. The fourth-order valence-electron chi connectivity index (χ4n) is 3.25. The van der Waals surface area contributed by atoms with Gasteiger partial charge in [0.15, 0.2) is 5.65 Å². The molecule has 4 aromatic rings. The quantitative estimate of drug-likeness (QED) is 0.457. The maximum absolute atomic E-state index is 12.4. The Balaban J connectivity index is 2.01. The smallest absolute Gasteiger partial charge is 0.266 e. The topological polar surface area (TPSA) is 130 Å². The van der Waals surface area contributed by atoms with Crippen molar-refractivity contribution in [2.75, 3.05) is 6.26 Å². The highest BCUT2D eigenvalue weighted by molar-refractivity contribution is 7.89. The number of nitrogens with zero attached hydrogens (tertiary/aromatic N) is 5. The van der Waals surface area contributed by atoms with Crippen LogP contribution in [0.4, 0.5) is 0 Å². The fraction of sp³-hybridized carbons (Fsp3) is 0.0952. The molecule has 0 saturated carbocycles. The maximum atomic E-state index is 12.4. The maximum Gasteiger partial charge on any atom is 0.283 e. The number of halogens is 1. The zero-order valence-corrected chi connectivity index (χ0v) is 18.4. The van der Waals surface area contributed by atoms with Crippen molar-refractivity contribution in [2.45, 2.75) is 6.92 Å². The summed E-state index contributed by atoms with van der Waals surface area (Å²) in [6, 6.07) is 13.8. The monoisotopic (exact) mass is 466 g/mol. The van der Waals surface area contributed by atoms with E-state index < -0.39 is 15.9 Å². The molecule has 0 aliphatic carbocycles. The number of rotatable bonds is 4. The number of amides is 1. The van der Waals surface area contributed by atoms with Crippen LogP contribution >= 0.6 is 11.6 Å². The second-order valence-corrected chi connectivity index (χ2v) is 9.16. The molecule has 3 aromatic heterocycles. The Labute approximate surface area is 188 Å². The zero-order valence-electron chi connectivity index (χ0n) is 16.9. The summed E-state index contributed by atoms with van der Waals surface area (Å²) < 4.78 is 26.3. The third kappa shape index (κ3) is 4.30. The first-order chi connectivity index (χ1) is 15.1. The van der Waals surface area contributed by atoms with Gasteiger partial charge < -0.3 is 0 Å². The third-order valence-electron chi connectivity index (χ3n) is 4.47. The first kappa shape index (κ1) is 21.4. The van der Waals surface area contributed by atoms with E-state index in [-0.39, 0.29) is 10.8 Å². The minimum absolute atomic E-state index is 0.0988. The van der Waals surface area contributed by atoms with Crippen molar-refractivity contribution in [1.82, 2.24) is 24.3 Å². The molecule has 1 aromatic carbocycles. The Morgan fingerprint density at radius 2 is 1.94 bits per heavy atom. The number of hydrogen-bond acceptors (Lipinski definition) is 7. The number of carbonyl (C=O) groups excluding carboxylic acids is 1. The van der Waals surface area contributed by atoms with Crippen LogP contribution in [0.1, 0.15) is 21.7 Å². The van der Waals surface area contributed by atoms with Crippen molar-refractivity contribution in [2.24, 2.45) is 0 Å². The molecule has 1 amide bonds. The van der Waals surface area contributed by atoms with Gasteiger partial charge in [-0.3, -0.25) is 4.79 Å². The second-order valence-electron chi connectivity index (χ2n) is 7.02. The van der Waals surface area contributed by atoms with Crippen molar-refractivity contribution < 1.29 is 13.2 Å². The van der Waals surface area contributed by atoms with Crippen molar-refractivity contribution in [3.05, 3.63) is 70.8 Å². The largest absolute Gasteiger partial charge is 0.283 e. The lowest BCUT2D eigenvalue weighted by Crippen LogP contribution is -2.30. The molecule has 1 N–H and O–H groups in total. The second kappa shape index (κ2) is 8.03. The summed E-state index contributed by atoms with van der Waals surface area (Å²) in [7, 11) is -3.76. The zero-order chi connectivity index (χ0) is 23.0. The van der Waals surface area contributed by atoms with E-state index >= 15 is 0 Å². The van der Waals surface area contributed by atoms with E-state index in [0.29, 0.717) is 39.3 Å². The van der Waals surface area contributed by atoms with Crippen LogP contribution in [0, 0.1) is 18.3 Å². The first-order valence-electron chi connectivity index (χ1n) is 9.21. The lowest BCUT2D eigenvalue weighted by molar-refractivity contribution is 0.0977. The molecule has 0 aliphatic heterocycles. The molecule has 0 radical (unpaired) electrons. The molecule has 0 saturated heterocycles. The van der Waals surface area contributed by atoms with Crippen LogP contribution in [0.15, 0.2) is 48.7 Å². The molecule has 11 heteroatoms. The van der Waals surface area contributed by atoms with Crippen molar-refractivity contribution in [3.8, 4) is 28.5 Å². The van der Waals surface area contributed by atoms with Gasteiger partial charge in [-0.25, -0.2) is 27.6 Å². The predicted octanol–water partition coefficient (Wildman–Crippen LogP) is 2.98. The fourth-order valence-corrected chi connectivity index (χ4v) is 3.94. The number of nitriles is 1. The molecule has 0 bridgehead atoms. The first-order valence-corrected chi connectivity index (χ1v) is 11.5. The Morgan fingerprint density at radius 1 is 1.16 bits per heavy atom. The van der Waals surface area contributed by atoms with Crippen LogP contribution in [0.3, 0.4) is 0 Å². The van der Waals surface area contributed by atoms with Gasteiger partial charge in [0, 0.05) is 17.5 Å². The number of pyridine rings is 1. The number of fused-ring (bicyclic) bond motifs is 1. The van der Waals surface area contributed by atoms with Gasteiger partial charge in [0.1, 0.15) is 16.5 Å². The van der Waals surface area contributed by atoms with Crippen LogP contribution in [0.5, 0.6) is 0 Å². The lowest BCUT2D eigenvalue weighted by atomic mass is 10.00. The average molecular weight is 467 g/mol. The summed E-state index contributed by atoms with van der Waals surface area (Å²) in [5.74, 6) is -0.862. The van der Waals surface area contributed by atoms with Crippen molar-refractivity contribution in [1.29, 1.82) is 5.26 Å². The van der Waals surface area contributed by atoms with E-state index in [9.17, 15) is 18.5 Å². The predicted molar refractivity (Wildman–Crippen MR) is 118 cm³/mol. The van der Waals surface area contributed by atoms with Gasteiger partial charge in [-0.1, -0.05) is 23.7 Å². The number of aromatic nitrogens is 4.